The minimum Gasteiger partial charge on any atom is -0.478 e. The number of aryl methyl sites for hydroxylation is 2. The van der Waals surface area contributed by atoms with E-state index in [4.69, 9.17) is 5.11 Å². The SMILES string of the molecule is Cc1ccc(C)c(CN2Cc3ccc(C(=O)O)cc3C2)c1. The van der Waals surface area contributed by atoms with E-state index >= 15 is 0 Å². The Kier molecular flexibility index (Phi) is 3.52. The van der Waals surface area contributed by atoms with Crippen LogP contribution in [-0.4, -0.2) is 16.0 Å². The second-order valence-electron chi connectivity index (χ2n) is 5.86. The fourth-order valence-electron chi connectivity index (χ4n) is 2.92. The first kappa shape index (κ1) is 13.8. The van der Waals surface area contributed by atoms with E-state index in [1.807, 2.05) is 6.07 Å². The zero-order valence-corrected chi connectivity index (χ0v) is 12.4. The van der Waals surface area contributed by atoms with Gasteiger partial charge in [-0.05, 0) is 48.2 Å². The summed E-state index contributed by atoms with van der Waals surface area (Å²) >= 11 is 0. The fourth-order valence-corrected chi connectivity index (χ4v) is 2.92. The molecule has 3 rings (SSSR count). The molecule has 2 aromatic rings. The van der Waals surface area contributed by atoms with Crippen LogP contribution in [0.25, 0.3) is 0 Å². The monoisotopic (exact) mass is 281 g/mol. The first-order chi connectivity index (χ1) is 10.0. The van der Waals surface area contributed by atoms with Gasteiger partial charge in [-0.25, -0.2) is 4.79 Å². The number of rotatable bonds is 3. The molecule has 0 fully saturated rings. The van der Waals surface area contributed by atoms with Crippen molar-refractivity contribution >= 4 is 5.97 Å². The molecule has 3 heteroatoms. The molecule has 0 saturated heterocycles. The van der Waals surface area contributed by atoms with Gasteiger partial charge < -0.3 is 5.11 Å². The summed E-state index contributed by atoms with van der Waals surface area (Å²) in [6, 6.07) is 12.0. The van der Waals surface area contributed by atoms with E-state index in [0.717, 1.165) is 25.2 Å². The van der Waals surface area contributed by atoms with E-state index in [2.05, 4.69) is 36.9 Å². The predicted molar refractivity (Wildman–Crippen MR) is 82.3 cm³/mol. The third kappa shape index (κ3) is 2.83. The minimum absolute atomic E-state index is 0.377. The van der Waals surface area contributed by atoms with Crippen LogP contribution < -0.4 is 0 Å². The van der Waals surface area contributed by atoms with Crippen molar-refractivity contribution in [3.63, 3.8) is 0 Å². The fraction of sp³-hybridized carbons (Fsp3) is 0.278. The van der Waals surface area contributed by atoms with Gasteiger partial charge in [0.1, 0.15) is 0 Å². The number of hydrogen-bond acceptors (Lipinski definition) is 2. The van der Waals surface area contributed by atoms with E-state index in [0.29, 0.717) is 5.56 Å². The van der Waals surface area contributed by atoms with E-state index in [1.165, 1.54) is 22.3 Å². The second-order valence-corrected chi connectivity index (χ2v) is 5.86. The van der Waals surface area contributed by atoms with E-state index < -0.39 is 5.97 Å². The molecule has 0 aromatic heterocycles. The van der Waals surface area contributed by atoms with Crippen LogP contribution in [0, 0.1) is 13.8 Å². The number of hydrogen-bond donors (Lipinski definition) is 1. The highest BCUT2D eigenvalue weighted by Gasteiger charge is 2.20. The van der Waals surface area contributed by atoms with Gasteiger partial charge in [0.2, 0.25) is 0 Å². The molecule has 3 nitrogen and oxygen atoms in total. The van der Waals surface area contributed by atoms with Gasteiger partial charge in [-0.2, -0.15) is 0 Å². The molecule has 2 aromatic carbocycles. The maximum atomic E-state index is 11.0. The van der Waals surface area contributed by atoms with Crippen molar-refractivity contribution in [1.29, 1.82) is 0 Å². The zero-order valence-electron chi connectivity index (χ0n) is 12.4. The van der Waals surface area contributed by atoms with Crippen LogP contribution in [0.15, 0.2) is 36.4 Å². The average Bonchev–Trinajstić information content (AvgIpc) is 2.84. The van der Waals surface area contributed by atoms with Gasteiger partial charge in [-0.15, -0.1) is 0 Å². The molecule has 0 aliphatic carbocycles. The highest BCUT2D eigenvalue weighted by molar-refractivity contribution is 5.87. The average molecular weight is 281 g/mol. The molecular formula is C18H19NO2. The molecule has 1 heterocycles. The van der Waals surface area contributed by atoms with Crippen molar-refractivity contribution in [3.8, 4) is 0 Å². The Bertz CT molecular complexity index is 706. The van der Waals surface area contributed by atoms with Gasteiger partial charge in [0.15, 0.2) is 0 Å². The molecule has 0 amide bonds. The van der Waals surface area contributed by atoms with Crippen molar-refractivity contribution in [3.05, 3.63) is 69.8 Å². The van der Waals surface area contributed by atoms with Crippen LogP contribution >= 0.6 is 0 Å². The van der Waals surface area contributed by atoms with Gasteiger partial charge in [-0.3, -0.25) is 4.90 Å². The lowest BCUT2D eigenvalue weighted by Gasteiger charge is -2.17. The molecule has 0 bridgehead atoms. The molecule has 1 N–H and O–H groups in total. The molecule has 0 unspecified atom stereocenters. The zero-order chi connectivity index (χ0) is 15.0. The Labute approximate surface area is 124 Å². The first-order valence-electron chi connectivity index (χ1n) is 7.16. The Morgan fingerprint density at radius 3 is 2.62 bits per heavy atom. The maximum Gasteiger partial charge on any atom is 0.335 e. The molecule has 0 radical (unpaired) electrons. The van der Waals surface area contributed by atoms with Crippen molar-refractivity contribution in [2.75, 3.05) is 0 Å². The number of nitrogens with zero attached hydrogens (tertiary/aromatic N) is 1. The number of fused-ring (bicyclic) bond motifs is 1. The highest BCUT2D eigenvalue weighted by atomic mass is 16.4. The summed E-state index contributed by atoms with van der Waals surface area (Å²) in [6.07, 6.45) is 0. The number of aromatic carboxylic acids is 1. The van der Waals surface area contributed by atoms with E-state index in [9.17, 15) is 4.79 Å². The predicted octanol–water partition coefficient (Wildman–Crippen LogP) is 3.52. The van der Waals surface area contributed by atoms with E-state index in [1.54, 1.807) is 12.1 Å². The highest BCUT2D eigenvalue weighted by Crippen LogP contribution is 2.26. The Hall–Kier alpha value is -2.13. The van der Waals surface area contributed by atoms with Crippen molar-refractivity contribution < 1.29 is 9.90 Å². The molecule has 0 atom stereocenters. The second kappa shape index (κ2) is 5.34. The standard InChI is InChI=1S/C18H19NO2/c1-12-3-4-13(2)16(7-12)10-19-9-15-6-5-14(18(20)21)8-17(15)11-19/h3-8H,9-11H2,1-2H3,(H,20,21). The summed E-state index contributed by atoms with van der Waals surface area (Å²) in [7, 11) is 0. The van der Waals surface area contributed by atoms with E-state index in [-0.39, 0.29) is 0 Å². The molecule has 1 aliphatic heterocycles. The van der Waals surface area contributed by atoms with Gasteiger partial charge in [0.25, 0.3) is 0 Å². The lowest BCUT2D eigenvalue weighted by molar-refractivity contribution is 0.0696. The van der Waals surface area contributed by atoms with Gasteiger partial charge in [0, 0.05) is 19.6 Å². The van der Waals surface area contributed by atoms with Crippen LogP contribution in [0.5, 0.6) is 0 Å². The Balaban J connectivity index is 1.78. The number of carboxylic acid groups (broad SMARTS) is 1. The van der Waals surface area contributed by atoms with Crippen molar-refractivity contribution in [2.45, 2.75) is 33.5 Å². The quantitative estimate of drug-likeness (QED) is 0.935. The Morgan fingerprint density at radius 1 is 1.10 bits per heavy atom. The number of carboxylic acids is 1. The van der Waals surface area contributed by atoms with Gasteiger partial charge in [0.05, 0.1) is 5.56 Å². The summed E-state index contributed by atoms with van der Waals surface area (Å²) in [4.78, 5) is 13.4. The molecular weight excluding hydrogens is 262 g/mol. The van der Waals surface area contributed by atoms with Crippen LogP contribution in [0.1, 0.15) is 38.2 Å². The smallest absolute Gasteiger partial charge is 0.335 e. The number of benzene rings is 2. The lowest BCUT2D eigenvalue weighted by atomic mass is 10.1. The summed E-state index contributed by atoms with van der Waals surface area (Å²) in [5.41, 5.74) is 6.69. The molecule has 0 saturated carbocycles. The normalized spacial score (nSPS) is 14.2. The summed E-state index contributed by atoms with van der Waals surface area (Å²) in [5.74, 6) is -0.856. The largest absolute Gasteiger partial charge is 0.478 e. The van der Waals surface area contributed by atoms with Crippen LogP contribution in [0.3, 0.4) is 0 Å². The molecule has 1 aliphatic rings. The minimum atomic E-state index is -0.856. The lowest BCUT2D eigenvalue weighted by Crippen LogP contribution is -2.16. The maximum absolute atomic E-state index is 11.0. The van der Waals surface area contributed by atoms with Crippen LogP contribution in [0.4, 0.5) is 0 Å². The molecule has 108 valence electrons. The van der Waals surface area contributed by atoms with Gasteiger partial charge >= 0.3 is 5.97 Å². The van der Waals surface area contributed by atoms with Crippen LogP contribution in [0.2, 0.25) is 0 Å². The molecule has 0 spiro atoms. The summed E-state index contributed by atoms with van der Waals surface area (Å²) in [5, 5.41) is 9.07. The summed E-state index contributed by atoms with van der Waals surface area (Å²) < 4.78 is 0. The third-order valence-corrected chi connectivity index (χ3v) is 4.14. The molecule has 21 heavy (non-hydrogen) atoms. The Morgan fingerprint density at radius 2 is 1.86 bits per heavy atom. The van der Waals surface area contributed by atoms with Gasteiger partial charge in [-0.1, -0.05) is 29.8 Å². The number of carbonyl (C=O) groups is 1. The van der Waals surface area contributed by atoms with Crippen molar-refractivity contribution in [1.82, 2.24) is 4.90 Å². The third-order valence-electron chi connectivity index (χ3n) is 4.14. The van der Waals surface area contributed by atoms with Crippen molar-refractivity contribution in [2.24, 2.45) is 0 Å². The topological polar surface area (TPSA) is 40.5 Å². The van der Waals surface area contributed by atoms with Crippen LogP contribution in [-0.2, 0) is 19.6 Å². The first-order valence-corrected chi connectivity index (χ1v) is 7.16. The summed E-state index contributed by atoms with van der Waals surface area (Å²) in [6.45, 7) is 6.87.